The zero-order valence-electron chi connectivity index (χ0n) is 11.8. The Balaban J connectivity index is 2.15. The van der Waals surface area contributed by atoms with Crippen LogP contribution in [0.4, 0.5) is 4.79 Å². The molecule has 0 aliphatic carbocycles. The molecule has 2 bridgehead atoms. The molecular weight excluding hydrogens is 232 g/mol. The van der Waals surface area contributed by atoms with E-state index in [1.807, 2.05) is 27.7 Å². The minimum atomic E-state index is -0.497. The first-order chi connectivity index (χ1) is 8.20. The van der Waals surface area contributed by atoms with Crippen molar-refractivity contribution in [2.45, 2.75) is 51.8 Å². The second-order valence-electron chi connectivity index (χ2n) is 6.34. The fraction of sp³-hybridized carbons (Fsp3) is 0.846. The van der Waals surface area contributed by atoms with Crippen molar-refractivity contribution < 1.29 is 14.3 Å². The third-order valence-corrected chi connectivity index (χ3v) is 3.72. The lowest BCUT2D eigenvalue weighted by Gasteiger charge is -2.31. The summed E-state index contributed by atoms with van der Waals surface area (Å²) in [7, 11) is 1.80. The number of likely N-dealkylation sites (N-methyl/N-ethyl adjacent to an activating group) is 1. The SMILES string of the molecule is C[C@H]1[C@H]2C[C@H](CN(C)C2=O)N1C(=O)OC(C)(C)C. The third kappa shape index (κ3) is 2.18. The Morgan fingerprint density at radius 2 is 2.00 bits per heavy atom. The van der Waals surface area contributed by atoms with Gasteiger partial charge in [-0.05, 0) is 34.1 Å². The zero-order chi connectivity index (χ0) is 13.7. The second kappa shape index (κ2) is 4.14. The Morgan fingerprint density at radius 3 is 2.56 bits per heavy atom. The number of fused-ring (bicyclic) bond motifs is 2. The van der Waals surface area contributed by atoms with Crippen LogP contribution >= 0.6 is 0 Å². The Hall–Kier alpha value is -1.26. The molecule has 5 nitrogen and oxygen atoms in total. The standard InChI is InChI=1S/C13H22N2O3/c1-8-10-6-9(7-14(5)11(10)16)15(8)12(17)18-13(2,3)4/h8-10H,6-7H2,1-5H3/t8-,9+,10+/m0/s1. The van der Waals surface area contributed by atoms with E-state index in [-0.39, 0.29) is 30.0 Å². The highest BCUT2D eigenvalue weighted by atomic mass is 16.6. The summed E-state index contributed by atoms with van der Waals surface area (Å²) in [5, 5.41) is 0. The molecule has 0 spiro atoms. The van der Waals surface area contributed by atoms with Crippen molar-refractivity contribution >= 4 is 12.0 Å². The van der Waals surface area contributed by atoms with Gasteiger partial charge in [0.25, 0.3) is 0 Å². The number of likely N-dealkylation sites (tertiary alicyclic amines) is 2. The van der Waals surface area contributed by atoms with Gasteiger partial charge in [0.1, 0.15) is 5.60 Å². The molecule has 5 heteroatoms. The molecule has 2 rings (SSSR count). The smallest absolute Gasteiger partial charge is 0.410 e. The summed E-state index contributed by atoms with van der Waals surface area (Å²) >= 11 is 0. The largest absolute Gasteiger partial charge is 0.444 e. The lowest BCUT2D eigenvalue weighted by atomic mass is 9.95. The molecule has 0 aromatic heterocycles. The van der Waals surface area contributed by atoms with Crippen molar-refractivity contribution in [3.8, 4) is 0 Å². The van der Waals surface area contributed by atoms with Gasteiger partial charge in [0.2, 0.25) is 5.91 Å². The van der Waals surface area contributed by atoms with Crippen molar-refractivity contribution in [2.75, 3.05) is 13.6 Å². The summed E-state index contributed by atoms with van der Waals surface area (Å²) in [5.41, 5.74) is -0.497. The highest BCUT2D eigenvalue weighted by molar-refractivity contribution is 5.83. The number of ether oxygens (including phenoxy) is 1. The summed E-state index contributed by atoms with van der Waals surface area (Å²) in [5.74, 6) is 0.0751. The van der Waals surface area contributed by atoms with Gasteiger partial charge in [0.15, 0.2) is 0 Å². The van der Waals surface area contributed by atoms with E-state index < -0.39 is 5.60 Å². The van der Waals surface area contributed by atoms with E-state index in [0.717, 1.165) is 6.42 Å². The van der Waals surface area contributed by atoms with E-state index in [1.54, 1.807) is 16.8 Å². The number of carbonyl (C=O) groups is 2. The first-order valence-electron chi connectivity index (χ1n) is 6.47. The van der Waals surface area contributed by atoms with Crippen molar-refractivity contribution in [3.05, 3.63) is 0 Å². The van der Waals surface area contributed by atoms with Crippen LogP contribution in [0.15, 0.2) is 0 Å². The molecule has 2 aliphatic heterocycles. The molecule has 0 saturated carbocycles. The molecule has 2 fully saturated rings. The summed E-state index contributed by atoms with van der Waals surface area (Å²) < 4.78 is 5.43. The maximum atomic E-state index is 12.2. The van der Waals surface area contributed by atoms with Crippen LogP contribution in [0, 0.1) is 5.92 Å². The Bertz CT molecular complexity index is 373. The number of rotatable bonds is 0. The predicted octanol–water partition coefficient (Wildman–Crippen LogP) is 1.47. The van der Waals surface area contributed by atoms with E-state index in [2.05, 4.69) is 0 Å². The number of carbonyl (C=O) groups excluding carboxylic acids is 2. The minimum Gasteiger partial charge on any atom is -0.444 e. The predicted molar refractivity (Wildman–Crippen MR) is 67.1 cm³/mol. The topological polar surface area (TPSA) is 49.9 Å². The van der Waals surface area contributed by atoms with E-state index in [1.165, 1.54) is 0 Å². The lowest BCUT2D eigenvalue weighted by molar-refractivity contribution is -0.135. The molecule has 3 atom stereocenters. The highest BCUT2D eigenvalue weighted by Gasteiger charge is 2.50. The molecule has 0 aromatic rings. The van der Waals surface area contributed by atoms with Gasteiger partial charge in [-0.1, -0.05) is 0 Å². The van der Waals surface area contributed by atoms with Crippen molar-refractivity contribution in [1.29, 1.82) is 0 Å². The summed E-state index contributed by atoms with van der Waals surface area (Å²) in [6, 6.07) is 0.0323. The minimum absolute atomic E-state index is 0.0673. The summed E-state index contributed by atoms with van der Waals surface area (Å²) in [4.78, 5) is 27.7. The van der Waals surface area contributed by atoms with Gasteiger partial charge in [-0.3, -0.25) is 9.69 Å². The monoisotopic (exact) mass is 254 g/mol. The number of piperidine rings is 1. The fourth-order valence-electron chi connectivity index (χ4n) is 2.92. The zero-order valence-corrected chi connectivity index (χ0v) is 11.8. The molecule has 2 saturated heterocycles. The first-order valence-corrected chi connectivity index (χ1v) is 6.47. The maximum Gasteiger partial charge on any atom is 0.410 e. The van der Waals surface area contributed by atoms with Gasteiger partial charge in [-0.25, -0.2) is 4.79 Å². The van der Waals surface area contributed by atoms with Crippen LogP contribution in [0.25, 0.3) is 0 Å². The molecule has 2 heterocycles. The molecule has 102 valence electrons. The average Bonchev–Trinajstić information content (AvgIpc) is 2.47. The quantitative estimate of drug-likeness (QED) is 0.658. The maximum absolute atomic E-state index is 12.2. The van der Waals surface area contributed by atoms with Gasteiger partial charge >= 0.3 is 6.09 Å². The summed E-state index contributed by atoms with van der Waals surface area (Å²) in [6.07, 6.45) is 0.467. The normalized spacial score (nSPS) is 31.8. The molecule has 0 radical (unpaired) electrons. The number of amides is 2. The van der Waals surface area contributed by atoms with Crippen molar-refractivity contribution in [1.82, 2.24) is 9.80 Å². The Labute approximate surface area is 108 Å². The number of hydrogen-bond acceptors (Lipinski definition) is 3. The summed E-state index contributed by atoms with van der Waals surface area (Å²) in [6.45, 7) is 8.11. The van der Waals surface area contributed by atoms with Gasteiger partial charge in [0, 0.05) is 19.6 Å². The van der Waals surface area contributed by atoms with E-state index >= 15 is 0 Å². The number of hydrogen-bond donors (Lipinski definition) is 0. The van der Waals surface area contributed by atoms with E-state index in [4.69, 9.17) is 4.74 Å². The second-order valence-corrected chi connectivity index (χ2v) is 6.34. The fourth-order valence-corrected chi connectivity index (χ4v) is 2.92. The van der Waals surface area contributed by atoms with E-state index in [9.17, 15) is 9.59 Å². The van der Waals surface area contributed by atoms with Gasteiger partial charge in [-0.15, -0.1) is 0 Å². The molecular formula is C13H22N2O3. The van der Waals surface area contributed by atoms with Crippen LogP contribution in [0.1, 0.15) is 34.1 Å². The highest BCUT2D eigenvalue weighted by Crippen LogP contribution is 2.36. The van der Waals surface area contributed by atoms with Crippen LogP contribution in [0.5, 0.6) is 0 Å². The van der Waals surface area contributed by atoms with Crippen molar-refractivity contribution in [3.63, 3.8) is 0 Å². The van der Waals surface area contributed by atoms with E-state index in [0.29, 0.717) is 6.54 Å². The Kier molecular flexibility index (Phi) is 3.03. The van der Waals surface area contributed by atoms with Crippen LogP contribution in [-0.4, -0.2) is 53.1 Å². The van der Waals surface area contributed by atoms with Crippen LogP contribution in [-0.2, 0) is 9.53 Å². The van der Waals surface area contributed by atoms with Crippen LogP contribution < -0.4 is 0 Å². The molecule has 0 unspecified atom stereocenters. The average molecular weight is 254 g/mol. The molecule has 2 amide bonds. The van der Waals surface area contributed by atoms with Crippen molar-refractivity contribution in [2.24, 2.45) is 5.92 Å². The first kappa shape index (κ1) is 13.2. The molecule has 0 N–H and O–H groups in total. The third-order valence-electron chi connectivity index (χ3n) is 3.72. The van der Waals surface area contributed by atoms with Gasteiger partial charge in [0.05, 0.1) is 12.0 Å². The lowest BCUT2D eigenvalue weighted by Crippen LogP contribution is -2.46. The van der Waals surface area contributed by atoms with Gasteiger partial charge < -0.3 is 9.64 Å². The Morgan fingerprint density at radius 1 is 1.39 bits per heavy atom. The van der Waals surface area contributed by atoms with Crippen LogP contribution in [0.2, 0.25) is 0 Å². The molecule has 2 aliphatic rings. The van der Waals surface area contributed by atoms with Crippen LogP contribution in [0.3, 0.4) is 0 Å². The molecule has 18 heavy (non-hydrogen) atoms. The van der Waals surface area contributed by atoms with Gasteiger partial charge in [-0.2, -0.15) is 0 Å². The molecule has 0 aromatic carbocycles. The number of nitrogens with zero attached hydrogens (tertiary/aromatic N) is 2.